The molecule has 1 amide bonds. The first-order valence-corrected chi connectivity index (χ1v) is 8.16. The minimum Gasteiger partial charge on any atom is -0.494 e. The molecule has 0 aliphatic rings. The molecule has 2 rings (SSSR count). The molecular weight excluding hydrogens is 292 g/mol. The molecule has 0 bridgehead atoms. The Bertz CT molecular complexity index is 605. The molecule has 0 unspecified atom stereocenters. The number of hydrogen-bond donors (Lipinski definition) is 1. The molecule has 0 radical (unpaired) electrons. The minimum absolute atomic E-state index is 0.218. The Kier molecular flexibility index (Phi) is 6.66. The van der Waals surface area contributed by atoms with Gasteiger partial charge in [-0.1, -0.05) is 37.8 Å². The third-order valence-corrected chi connectivity index (χ3v) is 3.50. The van der Waals surface area contributed by atoms with Gasteiger partial charge in [-0.25, -0.2) is 0 Å². The minimum atomic E-state index is -0.218. The van der Waals surface area contributed by atoms with E-state index < -0.39 is 0 Å². The Morgan fingerprint density at radius 1 is 1.17 bits per heavy atom. The van der Waals surface area contributed by atoms with Gasteiger partial charge in [0.25, 0.3) is 5.91 Å². The average Bonchev–Trinajstić information content (AvgIpc) is 2.96. The van der Waals surface area contributed by atoms with E-state index in [4.69, 9.17) is 9.26 Å². The summed E-state index contributed by atoms with van der Waals surface area (Å²) in [6.45, 7) is 4.70. The Labute approximate surface area is 137 Å². The van der Waals surface area contributed by atoms with Crippen molar-refractivity contribution in [2.45, 2.75) is 46.0 Å². The van der Waals surface area contributed by atoms with Crippen LogP contribution < -0.4 is 10.1 Å². The molecule has 5 heteroatoms. The van der Waals surface area contributed by atoms with Crippen molar-refractivity contribution < 1.29 is 14.1 Å². The maximum Gasteiger partial charge on any atom is 0.256 e. The fraction of sp³-hybridized carbons (Fsp3) is 0.444. The Hall–Kier alpha value is -2.30. The van der Waals surface area contributed by atoms with Gasteiger partial charge < -0.3 is 14.6 Å². The smallest absolute Gasteiger partial charge is 0.256 e. The third-order valence-electron chi connectivity index (χ3n) is 3.50. The number of rotatable bonds is 9. The van der Waals surface area contributed by atoms with Crippen LogP contribution in [0.3, 0.4) is 0 Å². The lowest BCUT2D eigenvalue weighted by Crippen LogP contribution is -2.11. The molecule has 2 aromatic rings. The van der Waals surface area contributed by atoms with Crippen LogP contribution >= 0.6 is 0 Å². The van der Waals surface area contributed by atoms with Crippen molar-refractivity contribution in [3.63, 3.8) is 0 Å². The molecule has 0 atom stereocenters. The third kappa shape index (κ3) is 5.77. The largest absolute Gasteiger partial charge is 0.494 e. The molecule has 1 aromatic heterocycles. The van der Waals surface area contributed by atoms with Gasteiger partial charge in [-0.05, 0) is 37.6 Å². The lowest BCUT2D eigenvalue weighted by atomic mass is 10.2. The van der Waals surface area contributed by atoms with Gasteiger partial charge in [0.15, 0.2) is 5.82 Å². The predicted molar refractivity (Wildman–Crippen MR) is 89.9 cm³/mol. The van der Waals surface area contributed by atoms with Gasteiger partial charge in [0, 0.05) is 11.6 Å². The van der Waals surface area contributed by atoms with E-state index >= 15 is 0 Å². The first kappa shape index (κ1) is 17.1. The van der Waals surface area contributed by atoms with E-state index in [1.54, 1.807) is 25.1 Å². The van der Waals surface area contributed by atoms with E-state index in [0.717, 1.165) is 12.2 Å². The second-order valence-corrected chi connectivity index (χ2v) is 5.56. The normalized spacial score (nSPS) is 10.5. The van der Waals surface area contributed by atoms with Crippen molar-refractivity contribution in [1.29, 1.82) is 0 Å². The highest BCUT2D eigenvalue weighted by Gasteiger charge is 2.08. The molecule has 0 spiro atoms. The number of amides is 1. The molecule has 1 heterocycles. The summed E-state index contributed by atoms with van der Waals surface area (Å²) in [5, 5.41) is 6.42. The fourth-order valence-corrected chi connectivity index (χ4v) is 2.21. The number of ether oxygens (including phenoxy) is 1. The van der Waals surface area contributed by atoms with E-state index in [2.05, 4.69) is 17.4 Å². The van der Waals surface area contributed by atoms with Crippen molar-refractivity contribution in [3.8, 4) is 5.75 Å². The molecule has 1 aromatic carbocycles. The number of carbonyl (C=O) groups is 1. The molecule has 5 nitrogen and oxygen atoms in total. The molecule has 0 aliphatic heterocycles. The highest BCUT2D eigenvalue weighted by Crippen LogP contribution is 2.15. The number of aryl methyl sites for hydroxylation is 1. The second kappa shape index (κ2) is 8.98. The van der Waals surface area contributed by atoms with E-state index in [-0.39, 0.29) is 5.91 Å². The van der Waals surface area contributed by atoms with E-state index in [0.29, 0.717) is 23.7 Å². The number of hydrogen-bond acceptors (Lipinski definition) is 4. The monoisotopic (exact) mass is 316 g/mol. The molecule has 0 saturated heterocycles. The zero-order valence-electron chi connectivity index (χ0n) is 13.8. The van der Waals surface area contributed by atoms with Crippen molar-refractivity contribution in [3.05, 3.63) is 41.7 Å². The van der Waals surface area contributed by atoms with Crippen LogP contribution in [0.4, 0.5) is 5.82 Å². The molecule has 1 N–H and O–H groups in total. The lowest BCUT2D eigenvalue weighted by molar-refractivity contribution is 0.102. The number of aromatic nitrogens is 1. The van der Waals surface area contributed by atoms with Gasteiger partial charge in [0.2, 0.25) is 0 Å². The maximum atomic E-state index is 12.1. The van der Waals surface area contributed by atoms with Gasteiger partial charge in [0.1, 0.15) is 11.5 Å². The van der Waals surface area contributed by atoms with Gasteiger partial charge in [-0.2, -0.15) is 0 Å². The molecule has 23 heavy (non-hydrogen) atoms. The second-order valence-electron chi connectivity index (χ2n) is 5.56. The summed E-state index contributed by atoms with van der Waals surface area (Å²) < 4.78 is 10.6. The summed E-state index contributed by atoms with van der Waals surface area (Å²) in [4.78, 5) is 12.1. The van der Waals surface area contributed by atoms with Crippen molar-refractivity contribution >= 4 is 11.7 Å². The summed E-state index contributed by atoms with van der Waals surface area (Å²) in [7, 11) is 0. The van der Waals surface area contributed by atoms with E-state index in [1.165, 1.54) is 25.7 Å². The van der Waals surface area contributed by atoms with Crippen molar-refractivity contribution in [1.82, 2.24) is 5.16 Å². The van der Waals surface area contributed by atoms with Gasteiger partial charge in [-0.15, -0.1) is 0 Å². The Balaban J connectivity index is 1.76. The van der Waals surface area contributed by atoms with Crippen LogP contribution in [0.1, 0.15) is 55.1 Å². The summed E-state index contributed by atoms with van der Waals surface area (Å²) in [5.74, 6) is 1.64. The standard InChI is InChI=1S/C18H24N2O3/c1-3-4-5-6-7-12-22-16-10-8-15(9-11-16)18(21)19-17-13-14(2)23-20-17/h8-11,13H,3-7,12H2,1-2H3,(H,19,20,21). The molecular formula is C18H24N2O3. The predicted octanol–water partition coefficient (Wildman–Crippen LogP) is 4.58. The van der Waals surface area contributed by atoms with Crippen LogP contribution in [-0.4, -0.2) is 17.7 Å². The van der Waals surface area contributed by atoms with Crippen molar-refractivity contribution in [2.24, 2.45) is 0 Å². The highest BCUT2D eigenvalue weighted by atomic mass is 16.5. The van der Waals surface area contributed by atoms with Gasteiger partial charge >= 0.3 is 0 Å². The average molecular weight is 316 g/mol. The van der Waals surface area contributed by atoms with Crippen LogP contribution in [0.25, 0.3) is 0 Å². The summed E-state index contributed by atoms with van der Waals surface area (Å²) in [6.07, 6.45) is 6.06. The number of carbonyl (C=O) groups excluding carboxylic acids is 1. The molecule has 0 saturated carbocycles. The SMILES string of the molecule is CCCCCCCOc1ccc(C(=O)Nc2cc(C)on2)cc1. The Morgan fingerprint density at radius 2 is 1.91 bits per heavy atom. The van der Waals surface area contributed by atoms with Crippen LogP contribution in [0.15, 0.2) is 34.9 Å². The van der Waals surface area contributed by atoms with Gasteiger partial charge in [0.05, 0.1) is 6.61 Å². The first-order chi connectivity index (χ1) is 11.2. The molecule has 0 aliphatic carbocycles. The molecule has 0 fully saturated rings. The highest BCUT2D eigenvalue weighted by molar-refractivity contribution is 6.03. The topological polar surface area (TPSA) is 64.4 Å². The summed E-state index contributed by atoms with van der Waals surface area (Å²) >= 11 is 0. The summed E-state index contributed by atoms with van der Waals surface area (Å²) in [5.41, 5.74) is 0.556. The van der Waals surface area contributed by atoms with Crippen LogP contribution in [0.2, 0.25) is 0 Å². The molecule has 124 valence electrons. The fourth-order valence-electron chi connectivity index (χ4n) is 2.21. The number of anilines is 1. The van der Waals surface area contributed by atoms with Crippen LogP contribution in [0.5, 0.6) is 5.75 Å². The van der Waals surface area contributed by atoms with Gasteiger partial charge in [-0.3, -0.25) is 4.79 Å². The Morgan fingerprint density at radius 3 is 2.57 bits per heavy atom. The number of nitrogens with one attached hydrogen (secondary N) is 1. The van der Waals surface area contributed by atoms with Crippen LogP contribution in [-0.2, 0) is 0 Å². The van der Waals surface area contributed by atoms with E-state index in [1.807, 2.05) is 12.1 Å². The number of unbranched alkanes of at least 4 members (excludes halogenated alkanes) is 4. The zero-order chi connectivity index (χ0) is 16.5. The van der Waals surface area contributed by atoms with E-state index in [9.17, 15) is 4.79 Å². The number of nitrogens with zero attached hydrogens (tertiary/aromatic N) is 1. The first-order valence-electron chi connectivity index (χ1n) is 8.16. The van der Waals surface area contributed by atoms with Crippen molar-refractivity contribution in [2.75, 3.05) is 11.9 Å². The maximum absolute atomic E-state index is 12.1. The quantitative estimate of drug-likeness (QED) is 0.687. The lowest BCUT2D eigenvalue weighted by Gasteiger charge is -2.07. The number of benzene rings is 1. The summed E-state index contributed by atoms with van der Waals surface area (Å²) in [6, 6.07) is 8.79. The zero-order valence-corrected chi connectivity index (χ0v) is 13.8. The van der Waals surface area contributed by atoms with Crippen LogP contribution in [0, 0.1) is 6.92 Å².